The predicted octanol–water partition coefficient (Wildman–Crippen LogP) is 2.82. The van der Waals surface area contributed by atoms with Crippen LogP contribution in [0.25, 0.3) is 0 Å². The summed E-state index contributed by atoms with van der Waals surface area (Å²) in [4.78, 5) is 25.4. The van der Waals surface area contributed by atoms with Crippen molar-refractivity contribution in [3.05, 3.63) is 35.4 Å². The highest BCUT2D eigenvalue weighted by Crippen LogP contribution is 2.35. The minimum atomic E-state index is -1.24. The Bertz CT molecular complexity index is 576. The molecule has 21 heavy (non-hydrogen) atoms. The van der Waals surface area contributed by atoms with E-state index in [0.29, 0.717) is 32.2 Å². The normalized spacial score (nSPS) is 21.6. The van der Waals surface area contributed by atoms with E-state index in [1.807, 2.05) is 6.92 Å². The van der Waals surface area contributed by atoms with Gasteiger partial charge < -0.3 is 10.0 Å². The van der Waals surface area contributed by atoms with Crippen molar-refractivity contribution < 1.29 is 23.5 Å². The molecule has 1 aromatic rings. The molecule has 0 radical (unpaired) electrons. The van der Waals surface area contributed by atoms with Crippen LogP contribution in [0.15, 0.2) is 18.2 Å². The second-order valence-corrected chi connectivity index (χ2v) is 5.28. The fourth-order valence-electron chi connectivity index (χ4n) is 2.96. The largest absolute Gasteiger partial charge is 0.479 e. The molecule has 1 aromatic carbocycles. The topological polar surface area (TPSA) is 57.6 Å². The molecule has 0 aromatic heterocycles. The Kier molecular flexibility index (Phi) is 4.25. The second kappa shape index (κ2) is 5.79. The number of carboxylic acids is 1. The summed E-state index contributed by atoms with van der Waals surface area (Å²) in [6.45, 7) is 2.16. The van der Waals surface area contributed by atoms with E-state index in [1.165, 1.54) is 11.0 Å². The van der Waals surface area contributed by atoms with Crippen molar-refractivity contribution in [2.45, 2.75) is 38.1 Å². The van der Waals surface area contributed by atoms with E-state index >= 15 is 0 Å². The van der Waals surface area contributed by atoms with Crippen LogP contribution in [-0.4, -0.2) is 34.0 Å². The molecule has 1 amide bonds. The SMILES string of the molecule is CCCC1(C(=O)O)CCCN1C(=O)c1ccc(F)c(F)c1. The van der Waals surface area contributed by atoms with E-state index in [9.17, 15) is 23.5 Å². The van der Waals surface area contributed by atoms with Crippen molar-refractivity contribution in [3.63, 3.8) is 0 Å². The first kappa shape index (κ1) is 15.4. The Morgan fingerprint density at radius 1 is 1.33 bits per heavy atom. The van der Waals surface area contributed by atoms with Gasteiger partial charge >= 0.3 is 5.97 Å². The third-order valence-corrected chi connectivity index (χ3v) is 3.96. The minimum absolute atomic E-state index is 0.0301. The Labute approximate surface area is 121 Å². The van der Waals surface area contributed by atoms with Crippen LogP contribution in [0.5, 0.6) is 0 Å². The molecule has 6 heteroatoms. The summed E-state index contributed by atoms with van der Waals surface area (Å²) >= 11 is 0. The first-order chi connectivity index (χ1) is 9.92. The Balaban J connectivity index is 2.36. The van der Waals surface area contributed by atoms with Crippen LogP contribution < -0.4 is 0 Å². The number of amides is 1. The molecule has 0 bridgehead atoms. The Hall–Kier alpha value is -1.98. The molecule has 4 nitrogen and oxygen atoms in total. The Morgan fingerprint density at radius 3 is 2.62 bits per heavy atom. The highest BCUT2D eigenvalue weighted by molar-refractivity contribution is 5.98. The van der Waals surface area contributed by atoms with Crippen LogP contribution >= 0.6 is 0 Å². The van der Waals surface area contributed by atoms with Crippen molar-refractivity contribution in [3.8, 4) is 0 Å². The summed E-state index contributed by atoms with van der Waals surface area (Å²) in [6.07, 6.45) is 1.93. The fraction of sp³-hybridized carbons (Fsp3) is 0.467. The van der Waals surface area contributed by atoms with Crippen molar-refractivity contribution in [1.29, 1.82) is 0 Å². The molecule has 1 aliphatic heterocycles. The number of carboxylic acid groups (broad SMARTS) is 1. The monoisotopic (exact) mass is 297 g/mol. The highest BCUT2D eigenvalue weighted by Gasteiger charge is 2.49. The molecule has 2 rings (SSSR count). The molecular weight excluding hydrogens is 280 g/mol. The first-order valence-corrected chi connectivity index (χ1v) is 6.93. The Morgan fingerprint density at radius 2 is 2.05 bits per heavy atom. The maximum absolute atomic E-state index is 13.3. The van der Waals surface area contributed by atoms with Crippen LogP contribution in [0, 0.1) is 11.6 Å². The number of carbonyl (C=O) groups excluding carboxylic acids is 1. The lowest BCUT2D eigenvalue weighted by Gasteiger charge is -2.34. The van der Waals surface area contributed by atoms with Gasteiger partial charge in [0.25, 0.3) is 5.91 Å². The quantitative estimate of drug-likeness (QED) is 0.929. The summed E-state index contributed by atoms with van der Waals surface area (Å²) in [6, 6.07) is 2.87. The molecule has 1 heterocycles. The summed E-state index contributed by atoms with van der Waals surface area (Å²) in [5, 5.41) is 9.53. The third-order valence-electron chi connectivity index (χ3n) is 3.96. The summed E-state index contributed by atoms with van der Waals surface area (Å²) in [7, 11) is 0. The van der Waals surface area contributed by atoms with Gasteiger partial charge in [-0.25, -0.2) is 13.6 Å². The number of benzene rings is 1. The fourth-order valence-corrected chi connectivity index (χ4v) is 2.96. The summed E-state index contributed by atoms with van der Waals surface area (Å²) in [5.41, 5.74) is -1.27. The molecule has 1 unspecified atom stereocenters. The van der Waals surface area contributed by atoms with Crippen molar-refractivity contribution in [2.75, 3.05) is 6.54 Å². The van der Waals surface area contributed by atoms with Crippen LogP contribution in [0.2, 0.25) is 0 Å². The molecule has 114 valence electrons. The lowest BCUT2D eigenvalue weighted by Crippen LogP contribution is -2.53. The van der Waals surface area contributed by atoms with Gasteiger partial charge in [-0.3, -0.25) is 4.79 Å². The second-order valence-electron chi connectivity index (χ2n) is 5.28. The summed E-state index contributed by atoms with van der Waals surface area (Å²) < 4.78 is 26.2. The zero-order valence-electron chi connectivity index (χ0n) is 11.7. The number of nitrogens with zero attached hydrogens (tertiary/aromatic N) is 1. The van der Waals surface area contributed by atoms with E-state index in [-0.39, 0.29) is 5.56 Å². The highest BCUT2D eigenvalue weighted by atomic mass is 19.2. The number of hydrogen-bond acceptors (Lipinski definition) is 2. The summed E-state index contributed by atoms with van der Waals surface area (Å²) in [5.74, 6) is -3.76. The standard InChI is InChI=1S/C15H17F2NO3/c1-2-6-15(14(20)21)7-3-8-18(15)13(19)10-4-5-11(16)12(17)9-10/h4-5,9H,2-3,6-8H2,1H3,(H,20,21). The molecule has 1 aliphatic rings. The zero-order valence-corrected chi connectivity index (χ0v) is 11.7. The van der Waals surface area contributed by atoms with Gasteiger partial charge in [-0.1, -0.05) is 13.3 Å². The molecule has 0 spiro atoms. The number of hydrogen-bond donors (Lipinski definition) is 1. The number of rotatable bonds is 4. The van der Waals surface area contributed by atoms with Crippen LogP contribution in [0.1, 0.15) is 43.0 Å². The van der Waals surface area contributed by atoms with Gasteiger partial charge in [-0.2, -0.15) is 0 Å². The molecule has 1 fully saturated rings. The average molecular weight is 297 g/mol. The maximum atomic E-state index is 13.3. The van der Waals surface area contributed by atoms with Gasteiger partial charge in [-0.15, -0.1) is 0 Å². The van der Waals surface area contributed by atoms with Gasteiger partial charge in [0.15, 0.2) is 11.6 Å². The van der Waals surface area contributed by atoms with E-state index in [4.69, 9.17) is 0 Å². The first-order valence-electron chi connectivity index (χ1n) is 6.93. The van der Waals surface area contributed by atoms with Gasteiger partial charge in [0.2, 0.25) is 0 Å². The number of halogens is 2. The van der Waals surface area contributed by atoms with Crippen molar-refractivity contribution >= 4 is 11.9 Å². The molecule has 1 N–H and O–H groups in total. The van der Waals surface area contributed by atoms with E-state index in [2.05, 4.69) is 0 Å². The minimum Gasteiger partial charge on any atom is -0.479 e. The molecular formula is C15H17F2NO3. The van der Waals surface area contributed by atoms with Crippen LogP contribution in [0.4, 0.5) is 8.78 Å². The zero-order chi connectivity index (χ0) is 15.6. The lowest BCUT2D eigenvalue weighted by molar-refractivity contribution is -0.148. The van der Waals surface area contributed by atoms with Gasteiger partial charge in [0.05, 0.1) is 0 Å². The van der Waals surface area contributed by atoms with Gasteiger partial charge in [-0.05, 0) is 37.5 Å². The van der Waals surface area contributed by atoms with Crippen LogP contribution in [0.3, 0.4) is 0 Å². The number of likely N-dealkylation sites (tertiary alicyclic amines) is 1. The smallest absolute Gasteiger partial charge is 0.329 e. The molecule has 1 saturated heterocycles. The predicted molar refractivity (Wildman–Crippen MR) is 71.9 cm³/mol. The van der Waals surface area contributed by atoms with Gasteiger partial charge in [0, 0.05) is 12.1 Å². The van der Waals surface area contributed by atoms with Crippen molar-refractivity contribution in [1.82, 2.24) is 4.90 Å². The number of carbonyl (C=O) groups is 2. The van der Waals surface area contributed by atoms with E-state index in [1.54, 1.807) is 0 Å². The van der Waals surface area contributed by atoms with E-state index < -0.39 is 29.0 Å². The van der Waals surface area contributed by atoms with E-state index in [0.717, 1.165) is 12.1 Å². The number of aliphatic carboxylic acids is 1. The lowest BCUT2D eigenvalue weighted by atomic mass is 9.90. The molecule has 1 atom stereocenters. The molecule has 0 saturated carbocycles. The van der Waals surface area contributed by atoms with Crippen molar-refractivity contribution in [2.24, 2.45) is 0 Å². The molecule has 0 aliphatic carbocycles. The maximum Gasteiger partial charge on any atom is 0.329 e. The van der Waals surface area contributed by atoms with Gasteiger partial charge in [0.1, 0.15) is 5.54 Å². The third kappa shape index (κ3) is 2.62. The average Bonchev–Trinajstić information content (AvgIpc) is 2.86. The van der Waals surface area contributed by atoms with Crippen LogP contribution in [-0.2, 0) is 4.79 Å².